The third-order valence-electron chi connectivity index (χ3n) is 6.87. The molecule has 2 saturated carbocycles. The van der Waals surface area contributed by atoms with Crippen LogP contribution in [0.5, 0.6) is 11.5 Å². The summed E-state index contributed by atoms with van der Waals surface area (Å²) in [5, 5.41) is 0. The third-order valence-corrected chi connectivity index (χ3v) is 6.87. The van der Waals surface area contributed by atoms with E-state index in [9.17, 15) is 0 Å². The molecule has 2 aromatic carbocycles. The van der Waals surface area contributed by atoms with Crippen molar-refractivity contribution >= 4 is 19.2 Å². The second kappa shape index (κ2) is 8.51. The van der Waals surface area contributed by atoms with Crippen LogP contribution in [0.2, 0.25) is 5.82 Å². The van der Waals surface area contributed by atoms with E-state index in [1.165, 1.54) is 56.9 Å². The van der Waals surface area contributed by atoms with Gasteiger partial charge in [0.2, 0.25) is 0 Å². The maximum absolute atomic E-state index is 6.08. The van der Waals surface area contributed by atoms with Crippen LogP contribution in [0.15, 0.2) is 42.5 Å². The average Bonchev–Trinajstić information content (AvgIpc) is 2.71. The minimum absolute atomic E-state index is 0.455. The van der Waals surface area contributed by atoms with Crippen LogP contribution in [0.25, 0.3) is 0 Å². The highest BCUT2D eigenvalue weighted by Crippen LogP contribution is 2.44. The summed E-state index contributed by atoms with van der Waals surface area (Å²) in [6.07, 6.45) is 10.5. The lowest BCUT2D eigenvalue weighted by Gasteiger charge is -2.37. The molecule has 0 heterocycles. The summed E-state index contributed by atoms with van der Waals surface area (Å²) in [4.78, 5) is 0. The molecule has 4 N–H and O–H groups in total. The molecule has 0 bridgehead atoms. The Morgan fingerprint density at radius 1 is 0.750 bits per heavy atom. The first-order valence-electron chi connectivity index (χ1n) is 10.8. The van der Waals surface area contributed by atoms with Gasteiger partial charge in [-0.15, -0.1) is 0 Å². The molecular weight excluding hydrogens is 343 g/mol. The van der Waals surface area contributed by atoms with E-state index in [4.69, 9.17) is 24.1 Å². The predicted molar refractivity (Wildman–Crippen MR) is 118 cm³/mol. The number of benzene rings is 2. The van der Waals surface area contributed by atoms with Crippen LogP contribution in [-0.4, -0.2) is 7.85 Å². The van der Waals surface area contributed by atoms with Gasteiger partial charge in [0.25, 0.3) is 0 Å². The number of anilines is 2. The molecular formula is C24H31BN2O. The first-order valence-corrected chi connectivity index (χ1v) is 10.8. The highest BCUT2D eigenvalue weighted by Gasteiger charge is 2.30. The molecule has 2 aliphatic rings. The molecule has 0 unspecified atom stereocenters. The second-order valence-corrected chi connectivity index (χ2v) is 8.75. The van der Waals surface area contributed by atoms with Crippen LogP contribution < -0.4 is 16.2 Å². The first kappa shape index (κ1) is 19.2. The Bertz CT molecular complexity index is 776. The van der Waals surface area contributed by atoms with E-state index in [2.05, 4.69) is 24.3 Å². The zero-order chi connectivity index (χ0) is 19.5. The fraction of sp³-hybridized carbons (Fsp3) is 0.500. The second-order valence-electron chi connectivity index (χ2n) is 8.75. The Hall–Kier alpha value is -2.10. The van der Waals surface area contributed by atoms with Gasteiger partial charge >= 0.3 is 0 Å². The number of hydrogen-bond acceptors (Lipinski definition) is 3. The fourth-order valence-electron chi connectivity index (χ4n) is 5.14. The Kier molecular flexibility index (Phi) is 5.84. The highest BCUT2D eigenvalue weighted by atomic mass is 16.5. The molecule has 2 fully saturated rings. The van der Waals surface area contributed by atoms with E-state index in [1.54, 1.807) is 12.1 Å². The summed E-state index contributed by atoms with van der Waals surface area (Å²) >= 11 is 0. The molecule has 0 spiro atoms. The van der Waals surface area contributed by atoms with Gasteiger partial charge < -0.3 is 16.2 Å². The summed E-state index contributed by atoms with van der Waals surface area (Å²) in [5.41, 5.74) is 14.4. The van der Waals surface area contributed by atoms with E-state index in [-0.39, 0.29) is 0 Å². The lowest BCUT2D eigenvalue weighted by Crippen LogP contribution is -2.24. The molecule has 28 heavy (non-hydrogen) atoms. The minimum Gasteiger partial charge on any atom is -0.455 e. The number of nitrogens with two attached hydrogens (primary N) is 2. The van der Waals surface area contributed by atoms with Crippen molar-refractivity contribution in [1.29, 1.82) is 0 Å². The van der Waals surface area contributed by atoms with E-state index < -0.39 is 0 Å². The van der Waals surface area contributed by atoms with Gasteiger partial charge in [-0.2, -0.15) is 0 Å². The molecule has 146 valence electrons. The van der Waals surface area contributed by atoms with Crippen LogP contribution >= 0.6 is 0 Å². The molecule has 0 atom stereocenters. The van der Waals surface area contributed by atoms with Crippen LogP contribution in [0.3, 0.4) is 0 Å². The van der Waals surface area contributed by atoms with Crippen molar-refractivity contribution in [3.05, 3.63) is 48.0 Å². The van der Waals surface area contributed by atoms with Gasteiger partial charge in [-0.1, -0.05) is 43.6 Å². The van der Waals surface area contributed by atoms with Crippen molar-refractivity contribution in [2.45, 2.75) is 63.1 Å². The average molecular weight is 374 g/mol. The largest absolute Gasteiger partial charge is 0.455 e. The van der Waals surface area contributed by atoms with Crippen LogP contribution in [0, 0.1) is 11.8 Å². The zero-order valence-electron chi connectivity index (χ0n) is 16.6. The Labute approximate surface area is 170 Å². The lowest BCUT2D eigenvalue weighted by molar-refractivity contribution is 0.186. The quantitative estimate of drug-likeness (QED) is 0.505. The Morgan fingerprint density at radius 2 is 1.36 bits per heavy atom. The first-order chi connectivity index (χ1) is 13.6. The molecule has 2 aromatic rings. The summed E-state index contributed by atoms with van der Waals surface area (Å²) in [7, 11) is 6.08. The van der Waals surface area contributed by atoms with Gasteiger partial charge in [-0.3, -0.25) is 0 Å². The van der Waals surface area contributed by atoms with Gasteiger partial charge in [0, 0.05) is 5.69 Å². The van der Waals surface area contributed by atoms with Gasteiger partial charge in [-0.25, -0.2) is 0 Å². The van der Waals surface area contributed by atoms with Crippen molar-refractivity contribution in [3.8, 4) is 11.5 Å². The summed E-state index contributed by atoms with van der Waals surface area (Å²) in [6.45, 7) is 0. The molecule has 0 aliphatic heterocycles. The van der Waals surface area contributed by atoms with E-state index in [0.29, 0.717) is 28.9 Å². The summed E-state index contributed by atoms with van der Waals surface area (Å²) in [5.74, 6) is 4.43. The van der Waals surface area contributed by atoms with Crippen molar-refractivity contribution in [2.24, 2.45) is 11.8 Å². The number of nitrogen functional groups attached to an aromatic ring is 2. The third kappa shape index (κ3) is 4.48. The standard InChI is InChI=1S/C24H31BN2O/c25-20-9-5-18(6-10-20)16-1-3-17(4-2-16)19-7-12-22(13-8-19)28-24-14-11-21(26)15-23(24)27/h7-8,11-18,20H,1-6,9-10,26-27H2. The summed E-state index contributed by atoms with van der Waals surface area (Å²) < 4.78 is 5.92. The van der Waals surface area contributed by atoms with Gasteiger partial charge in [0.05, 0.1) is 13.5 Å². The minimum atomic E-state index is 0.455. The normalized spacial score (nSPS) is 28.0. The van der Waals surface area contributed by atoms with Gasteiger partial charge in [0.15, 0.2) is 0 Å². The topological polar surface area (TPSA) is 61.3 Å². The van der Waals surface area contributed by atoms with Crippen molar-refractivity contribution < 1.29 is 4.74 Å². The fourth-order valence-corrected chi connectivity index (χ4v) is 5.14. The highest BCUT2D eigenvalue weighted by molar-refractivity contribution is 6.11. The van der Waals surface area contributed by atoms with Gasteiger partial charge in [-0.05, 0) is 79.3 Å². The molecule has 4 rings (SSSR count). The van der Waals surface area contributed by atoms with E-state index in [0.717, 1.165) is 17.6 Å². The Balaban J connectivity index is 1.32. The molecule has 4 heteroatoms. The van der Waals surface area contributed by atoms with E-state index >= 15 is 0 Å². The summed E-state index contributed by atoms with van der Waals surface area (Å²) in [6, 6.07) is 13.9. The Morgan fingerprint density at radius 3 is 1.96 bits per heavy atom. The smallest absolute Gasteiger partial charge is 0.150 e. The molecule has 2 radical (unpaired) electrons. The maximum atomic E-state index is 6.08. The lowest BCUT2D eigenvalue weighted by atomic mass is 9.65. The number of ether oxygens (including phenoxy) is 1. The number of rotatable bonds is 4. The molecule has 0 amide bonds. The van der Waals surface area contributed by atoms with Crippen molar-refractivity contribution in [2.75, 3.05) is 11.5 Å². The zero-order valence-corrected chi connectivity index (χ0v) is 16.6. The molecule has 0 aromatic heterocycles. The van der Waals surface area contributed by atoms with E-state index in [1.807, 2.05) is 6.07 Å². The monoisotopic (exact) mass is 374 g/mol. The SMILES string of the molecule is [B]C1CCC(C2CCC(c3ccc(Oc4ccc(N)cc4N)cc3)CC2)CC1. The van der Waals surface area contributed by atoms with Crippen molar-refractivity contribution in [1.82, 2.24) is 0 Å². The van der Waals surface area contributed by atoms with Crippen LogP contribution in [0.1, 0.15) is 62.8 Å². The van der Waals surface area contributed by atoms with Crippen molar-refractivity contribution in [3.63, 3.8) is 0 Å². The van der Waals surface area contributed by atoms with Crippen LogP contribution in [0.4, 0.5) is 11.4 Å². The number of hydrogen-bond donors (Lipinski definition) is 2. The molecule has 2 aliphatic carbocycles. The molecule has 0 saturated heterocycles. The molecule has 3 nitrogen and oxygen atoms in total. The van der Waals surface area contributed by atoms with Gasteiger partial charge in [0.1, 0.15) is 11.5 Å². The predicted octanol–water partition coefficient (Wildman–Crippen LogP) is 6.06. The maximum Gasteiger partial charge on any atom is 0.150 e. The van der Waals surface area contributed by atoms with Crippen LogP contribution in [-0.2, 0) is 0 Å².